The van der Waals surface area contributed by atoms with Crippen LogP contribution in [0.2, 0.25) is 0 Å². The third-order valence-electron chi connectivity index (χ3n) is 3.28. The second-order valence-electron chi connectivity index (χ2n) is 4.62. The van der Waals surface area contributed by atoms with E-state index >= 15 is 0 Å². The molecule has 0 fully saturated rings. The summed E-state index contributed by atoms with van der Waals surface area (Å²) in [5.41, 5.74) is 0.599. The van der Waals surface area contributed by atoms with Crippen molar-refractivity contribution in [1.29, 1.82) is 0 Å². The number of aromatic nitrogens is 1. The van der Waals surface area contributed by atoms with Crippen LogP contribution in [0, 0.1) is 0 Å². The molecule has 0 bridgehead atoms. The second kappa shape index (κ2) is 7.21. The Balaban J connectivity index is 3.16. The van der Waals surface area contributed by atoms with E-state index in [0.29, 0.717) is 25.4 Å². The van der Waals surface area contributed by atoms with Gasteiger partial charge in [-0.2, -0.15) is 4.31 Å². The van der Waals surface area contributed by atoms with E-state index in [4.69, 9.17) is 4.74 Å². The van der Waals surface area contributed by atoms with Crippen LogP contribution >= 0.6 is 0 Å². The van der Waals surface area contributed by atoms with Crippen LogP contribution in [0.25, 0.3) is 0 Å². The maximum atomic E-state index is 12.7. The molecule has 1 aromatic rings. The van der Waals surface area contributed by atoms with Crippen LogP contribution < -0.4 is 0 Å². The van der Waals surface area contributed by atoms with Crippen molar-refractivity contribution in [2.24, 2.45) is 0 Å². The Kier molecular flexibility index (Phi) is 6.19. The third-order valence-corrected chi connectivity index (χ3v) is 5.34. The molecule has 0 radical (unpaired) electrons. The number of nitrogens with zero attached hydrogens (tertiary/aromatic N) is 2. The summed E-state index contributed by atoms with van der Waals surface area (Å²) in [5.74, 6) is 0. The monoisotopic (exact) mass is 304 g/mol. The van der Waals surface area contributed by atoms with Crippen molar-refractivity contribution >= 4 is 10.0 Å². The Morgan fingerprint density at radius 3 is 2.50 bits per heavy atom. The molecule has 0 aliphatic heterocycles. The zero-order valence-corrected chi connectivity index (χ0v) is 13.4. The Morgan fingerprint density at radius 2 is 2.10 bits per heavy atom. The van der Waals surface area contributed by atoms with E-state index in [1.54, 1.807) is 24.8 Å². The van der Waals surface area contributed by atoms with Crippen molar-refractivity contribution in [1.82, 2.24) is 8.87 Å². The van der Waals surface area contributed by atoms with Gasteiger partial charge in [-0.3, -0.25) is 0 Å². The highest BCUT2D eigenvalue weighted by molar-refractivity contribution is 7.89. The Bertz CT molecular complexity index is 503. The molecule has 0 amide bonds. The van der Waals surface area contributed by atoms with E-state index in [-0.39, 0.29) is 17.5 Å². The highest BCUT2D eigenvalue weighted by atomic mass is 32.2. The first-order valence-corrected chi connectivity index (χ1v) is 8.17. The topological polar surface area (TPSA) is 71.8 Å². The molecule has 0 saturated heterocycles. The minimum atomic E-state index is -3.57. The summed E-state index contributed by atoms with van der Waals surface area (Å²) in [6.07, 6.45) is 1.57. The molecular formula is C13H24N2O4S. The van der Waals surface area contributed by atoms with Gasteiger partial charge in [-0.05, 0) is 19.9 Å². The molecule has 7 heteroatoms. The number of aryl methyl sites for hydroxylation is 1. The van der Waals surface area contributed by atoms with E-state index in [9.17, 15) is 13.5 Å². The average molecular weight is 304 g/mol. The Labute approximate surface area is 121 Å². The fourth-order valence-corrected chi connectivity index (χ4v) is 3.96. The number of hydrogen-bond donors (Lipinski definition) is 1. The lowest BCUT2D eigenvalue weighted by atomic mass is 10.4. The minimum Gasteiger partial charge on any atom is -0.390 e. The molecule has 0 spiro atoms. The first kappa shape index (κ1) is 17.2. The van der Waals surface area contributed by atoms with E-state index < -0.39 is 10.0 Å². The predicted octanol–water partition coefficient (Wildman–Crippen LogP) is 1.05. The summed E-state index contributed by atoms with van der Waals surface area (Å²) < 4.78 is 33.5. The normalized spacial score (nSPS) is 13.9. The molecule has 0 aliphatic rings. The zero-order valence-electron chi connectivity index (χ0n) is 12.5. The number of aliphatic hydroxyl groups excluding tert-OH is 1. The van der Waals surface area contributed by atoms with E-state index in [2.05, 4.69) is 0 Å². The molecular weight excluding hydrogens is 280 g/mol. The summed E-state index contributed by atoms with van der Waals surface area (Å²) in [5, 5.41) is 9.27. The number of likely N-dealkylation sites (N-methyl/N-ethyl adjacent to an activating group) is 1. The van der Waals surface area contributed by atoms with Gasteiger partial charge in [0.05, 0.1) is 13.2 Å². The maximum Gasteiger partial charge on any atom is 0.244 e. The summed E-state index contributed by atoms with van der Waals surface area (Å²) in [7, 11) is -2.02. The number of sulfonamides is 1. The number of methoxy groups -OCH3 is 1. The van der Waals surface area contributed by atoms with Gasteiger partial charge in [0.2, 0.25) is 10.0 Å². The summed E-state index contributed by atoms with van der Waals surface area (Å²) in [6.45, 7) is 6.67. The Morgan fingerprint density at radius 1 is 1.45 bits per heavy atom. The lowest BCUT2D eigenvalue weighted by Gasteiger charge is -2.26. The first-order chi connectivity index (χ1) is 9.42. The lowest BCUT2D eigenvalue weighted by molar-refractivity contribution is 0.142. The van der Waals surface area contributed by atoms with Crippen molar-refractivity contribution in [2.45, 2.75) is 44.9 Å². The molecule has 0 aliphatic carbocycles. The van der Waals surface area contributed by atoms with E-state index in [1.807, 2.05) is 13.8 Å². The number of hydrogen-bond acceptors (Lipinski definition) is 4. The van der Waals surface area contributed by atoms with Crippen LogP contribution in [0.3, 0.4) is 0 Å². The molecule has 1 N–H and O–H groups in total. The van der Waals surface area contributed by atoms with Crippen LogP contribution in [0.1, 0.15) is 26.5 Å². The standard InChI is InChI=1S/C13H24N2O4S/c1-5-14-8-13(7-12(14)9-16)20(17,18)15(6-2)11(3)10-19-4/h7-8,11,16H,5-6,9-10H2,1-4H3. The highest BCUT2D eigenvalue weighted by Crippen LogP contribution is 2.21. The SMILES string of the molecule is CCN(C(C)COC)S(=O)(=O)c1cc(CO)n(CC)c1. The van der Waals surface area contributed by atoms with Crippen LogP contribution in [-0.2, 0) is 27.9 Å². The van der Waals surface area contributed by atoms with E-state index in [1.165, 1.54) is 10.4 Å². The zero-order chi connectivity index (χ0) is 15.3. The quantitative estimate of drug-likeness (QED) is 0.779. The lowest BCUT2D eigenvalue weighted by Crippen LogP contribution is -2.40. The molecule has 1 unspecified atom stereocenters. The molecule has 20 heavy (non-hydrogen) atoms. The maximum absolute atomic E-state index is 12.7. The van der Waals surface area contributed by atoms with Gasteiger partial charge in [-0.1, -0.05) is 6.92 Å². The van der Waals surface area contributed by atoms with Crippen molar-refractivity contribution in [3.8, 4) is 0 Å². The van der Waals surface area contributed by atoms with Crippen LogP contribution in [0.4, 0.5) is 0 Å². The predicted molar refractivity (Wildman–Crippen MR) is 76.9 cm³/mol. The molecule has 1 heterocycles. The number of ether oxygens (including phenoxy) is 1. The summed E-state index contributed by atoms with van der Waals surface area (Å²) >= 11 is 0. The van der Waals surface area contributed by atoms with Gasteiger partial charge in [-0.15, -0.1) is 0 Å². The van der Waals surface area contributed by atoms with Gasteiger partial charge in [0.1, 0.15) is 4.90 Å². The average Bonchev–Trinajstić information content (AvgIpc) is 2.83. The van der Waals surface area contributed by atoms with Gasteiger partial charge in [0.15, 0.2) is 0 Å². The number of rotatable bonds is 8. The van der Waals surface area contributed by atoms with Gasteiger partial charge in [-0.25, -0.2) is 8.42 Å². The van der Waals surface area contributed by atoms with Gasteiger partial charge >= 0.3 is 0 Å². The fraction of sp³-hybridized carbons (Fsp3) is 0.692. The minimum absolute atomic E-state index is 0.177. The van der Waals surface area contributed by atoms with Crippen LogP contribution in [0.15, 0.2) is 17.2 Å². The van der Waals surface area contributed by atoms with Crippen molar-refractivity contribution in [3.63, 3.8) is 0 Å². The number of aliphatic hydroxyl groups is 1. The molecule has 0 saturated carbocycles. The second-order valence-corrected chi connectivity index (χ2v) is 6.51. The fourth-order valence-electron chi connectivity index (χ4n) is 2.27. The molecule has 1 aromatic heterocycles. The van der Waals surface area contributed by atoms with Crippen molar-refractivity contribution in [3.05, 3.63) is 18.0 Å². The molecule has 1 atom stereocenters. The first-order valence-electron chi connectivity index (χ1n) is 6.73. The highest BCUT2D eigenvalue weighted by Gasteiger charge is 2.29. The van der Waals surface area contributed by atoms with Gasteiger partial charge in [0, 0.05) is 38.1 Å². The van der Waals surface area contributed by atoms with Gasteiger partial charge in [0.25, 0.3) is 0 Å². The Hall–Kier alpha value is -0.890. The van der Waals surface area contributed by atoms with Crippen LogP contribution in [-0.4, -0.2) is 48.7 Å². The molecule has 6 nitrogen and oxygen atoms in total. The van der Waals surface area contributed by atoms with Crippen molar-refractivity contribution in [2.75, 3.05) is 20.3 Å². The third kappa shape index (κ3) is 3.41. The van der Waals surface area contributed by atoms with Crippen LogP contribution in [0.5, 0.6) is 0 Å². The van der Waals surface area contributed by atoms with Crippen molar-refractivity contribution < 1.29 is 18.3 Å². The summed E-state index contributed by atoms with van der Waals surface area (Å²) in [4.78, 5) is 0.216. The van der Waals surface area contributed by atoms with E-state index in [0.717, 1.165) is 0 Å². The summed E-state index contributed by atoms with van der Waals surface area (Å²) in [6, 6.07) is 1.29. The molecule has 1 rings (SSSR count). The van der Waals surface area contributed by atoms with Gasteiger partial charge < -0.3 is 14.4 Å². The smallest absolute Gasteiger partial charge is 0.244 e. The molecule has 116 valence electrons. The molecule has 0 aromatic carbocycles. The largest absolute Gasteiger partial charge is 0.390 e.